The van der Waals surface area contributed by atoms with E-state index < -0.39 is 0 Å². The molecule has 0 amide bonds. The first kappa shape index (κ1) is 8.48. The Kier molecular flexibility index (Phi) is 2.17. The summed E-state index contributed by atoms with van der Waals surface area (Å²) >= 11 is 0. The summed E-state index contributed by atoms with van der Waals surface area (Å²) in [5.74, 6) is 0.623. The molecule has 1 atom stereocenters. The number of aromatic nitrogens is 2. The van der Waals surface area contributed by atoms with Crippen LogP contribution in [0.4, 0.5) is 0 Å². The van der Waals surface area contributed by atoms with Crippen molar-refractivity contribution in [3.8, 4) is 0 Å². The van der Waals surface area contributed by atoms with Crippen molar-refractivity contribution in [3.05, 3.63) is 17.7 Å². The number of rotatable bonds is 2. The maximum absolute atomic E-state index is 11.5. The fourth-order valence-corrected chi connectivity index (χ4v) is 1.96. The minimum absolute atomic E-state index is 0. The van der Waals surface area contributed by atoms with Gasteiger partial charge >= 0.3 is 0 Å². The molecule has 0 radical (unpaired) electrons. The molecule has 1 aromatic heterocycles. The van der Waals surface area contributed by atoms with Gasteiger partial charge in [0, 0.05) is 19.5 Å². The molecular weight excluding hydrogens is 164 g/mol. The second kappa shape index (κ2) is 3.32. The van der Waals surface area contributed by atoms with Gasteiger partial charge in [0.25, 0.3) is 0 Å². The van der Waals surface area contributed by atoms with Crippen LogP contribution in [0.5, 0.6) is 0 Å². The van der Waals surface area contributed by atoms with Crippen molar-refractivity contribution in [2.24, 2.45) is 5.92 Å². The lowest BCUT2D eigenvalue weighted by atomic mass is 9.86. The van der Waals surface area contributed by atoms with Gasteiger partial charge in [0.05, 0.1) is 12.0 Å². The van der Waals surface area contributed by atoms with Crippen molar-refractivity contribution in [2.45, 2.75) is 32.6 Å². The van der Waals surface area contributed by atoms with E-state index in [0.717, 1.165) is 30.7 Å². The van der Waals surface area contributed by atoms with E-state index in [-0.39, 0.29) is 7.34 Å². The summed E-state index contributed by atoms with van der Waals surface area (Å²) in [7, 11) is 0. The number of nitrogens with zero attached hydrogens (tertiary/aromatic N) is 1. The number of H-pyrrole nitrogens is 1. The Bertz CT molecular complexity index is 322. The molecular formula is C10H16N2O. The SMILES string of the molecule is CCC(=O)C1CCc2nc[nH]c2C1.[HH]. The molecule has 0 saturated heterocycles. The molecule has 1 N–H and O–H groups in total. The highest BCUT2D eigenvalue weighted by atomic mass is 16.1. The first-order chi connectivity index (χ1) is 6.31. The van der Waals surface area contributed by atoms with Crippen LogP contribution in [0.15, 0.2) is 6.33 Å². The molecule has 2 rings (SSSR count). The van der Waals surface area contributed by atoms with Gasteiger partial charge < -0.3 is 4.98 Å². The van der Waals surface area contributed by atoms with Crippen molar-refractivity contribution < 1.29 is 6.22 Å². The summed E-state index contributed by atoms with van der Waals surface area (Å²) < 4.78 is 0. The number of fused-ring (bicyclic) bond motifs is 1. The molecule has 72 valence electrons. The molecule has 0 saturated carbocycles. The van der Waals surface area contributed by atoms with E-state index in [2.05, 4.69) is 9.97 Å². The standard InChI is InChI=1S/C10H14N2O.H2/c1-2-10(13)7-3-4-8-9(5-7)12-6-11-8;/h6-7H,2-5H2,1H3,(H,11,12);1H. The fourth-order valence-electron chi connectivity index (χ4n) is 1.96. The Labute approximate surface area is 79.1 Å². The topological polar surface area (TPSA) is 45.8 Å². The van der Waals surface area contributed by atoms with E-state index in [9.17, 15) is 4.79 Å². The van der Waals surface area contributed by atoms with Gasteiger partial charge in [-0.15, -0.1) is 0 Å². The molecule has 1 unspecified atom stereocenters. The number of aromatic amines is 1. The Hall–Kier alpha value is -1.12. The number of imidazole rings is 1. The third-order valence-corrected chi connectivity index (χ3v) is 2.79. The lowest BCUT2D eigenvalue weighted by molar-refractivity contribution is -0.122. The van der Waals surface area contributed by atoms with Gasteiger partial charge in [-0.3, -0.25) is 4.79 Å². The van der Waals surface area contributed by atoms with Gasteiger partial charge in [-0.05, 0) is 19.3 Å². The van der Waals surface area contributed by atoms with Gasteiger partial charge in [-0.25, -0.2) is 4.98 Å². The van der Waals surface area contributed by atoms with Crippen LogP contribution in [0.3, 0.4) is 0 Å². The lowest BCUT2D eigenvalue weighted by Crippen LogP contribution is -2.22. The number of nitrogens with one attached hydrogen (secondary N) is 1. The molecule has 13 heavy (non-hydrogen) atoms. The molecule has 0 fully saturated rings. The summed E-state index contributed by atoms with van der Waals surface area (Å²) in [6.07, 6.45) is 5.18. The minimum Gasteiger partial charge on any atom is -0.348 e. The van der Waals surface area contributed by atoms with E-state index >= 15 is 0 Å². The second-order valence-corrected chi connectivity index (χ2v) is 3.59. The number of aryl methyl sites for hydroxylation is 1. The zero-order chi connectivity index (χ0) is 9.26. The van der Waals surface area contributed by atoms with Crippen molar-refractivity contribution in [2.75, 3.05) is 0 Å². The predicted molar refractivity (Wildman–Crippen MR) is 51.5 cm³/mol. The largest absolute Gasteiger partial charge is 0.348 e. The monoisotopic (exact) mass is 180 g/mol. The predicted octanol–water partition coefficient (Wildman–Crippen LogP) is 1.74. The lowest BCUT2D eigenvalue weighted by Gasteiger charge is -2.19. The molecule has 0 aromatic carbocycles. The van der Waals surface area contributed by atoms with Crippen molar-refractivity contribution >= 4 is 5.78 Å². The highest BCUT2D eigenvalue weighted by Crippen LogP contribution is 2.23. The average Bonchev–Trinajstić information content (AvgIpc) is 2.63. The van der Waals surface area contributed by atoms with Crippen LogP contribution in [0.2, 0.25) is 0 Å². The average molecular weight is 180 g/mol. The smallest absolute Gasteiger partial charge is 0.136 e. The summed E-state index contributed by atoms with van der Waals surface area (Å²) in [6.45, 7) is 1.94. The normalized spacial score (nSPS) is 21.2. The molecule has 1 aliphatic carbocycles. The van der Waals surface area contributed by atoms with E-state index in [1.54, 1.807) is 6.33 Å². The molecule has 3 nitrogen and oxygen atoms in total. The highest BCUT2D eigenvalue weighted by molar-refractivity contribution is 5.81. The van der Waals surface area contributed by atoms with Crippen molar-refractivity contribution in [1.82, 2.24) is 9.97 Å². The zero-order valence-electron chi connectivity index (χ0n) is 7.84. The maximum atomic E-state index is 11.5. The molecule has 3 heteroatoms. The van der Waals surface area contributed by atoms with Gasteiger partial charge in [0.2, 0.25) is 0 Å². The molecule has 1 aliphatic rings. The second-order valence-electron chi connectivity index (χ2n) is 3.59. The van der Waals surface area contributed by atoms with Gasteiger partial charge in [0.15, 0.2) is 0 Å². The molecule has 0 spiro atoms. The Morgan fingerprint density at radius 2 is 2.69 bits per heavy atom. The van der Waals surface area contributed by atoms with E-state index in [1.165, 1.54) is 0 Å². The molecule has 0 aliphatic heterocycles. The van der Waals surface area contributed by atoms with E-state index in [1.807, 2.05) is 6.92 Å². The van der Waals surface area contributed by atoms with Crippen LogP contribution in [-0.2, 0) is 17.6 Å². The first-order valence-electron chi connectivity index (χ1n) is 4.85. The fraction of sp³-hybridized carbons (Fsp3) is 0.600. The number of carbonyl (C=O) groups excluding carboxylic acids is 1. The van der Waals surface area contributed by atoms with Crippen LogP contribution in [0, 0.1) is 5.92 Å². The number of hydrogen-bond acceptors (Lipinski definition) is 2. The Morgan fingerprint density at radius 1 is 1.85 bits per heavy atom. The van der Waals surface area contributed by atoms with Crippen molar-refractivity contribution in [1.29, 1.82) is 0 Å². The summed E-state index contributed by atoms with van der Waals surface area (Å²) in [4.78, 5) is 18.8. The number of ketones is 1. The van der Waals surface area contributed by atoms with Crippen LogP contribution in [0.1, 0.15) is 32.6 Å². The van der Waals surface area contributed by atoms with Crippen LogP contribution in [-0.4, -0.2) is 15.8 Å². The Balaban J connectivity index is 0.000000980. The number of hydrogen-bond donors (Lipinski definition) is 1. The van der Waals surface area contributed by atoms with E-state index in [0.29, 0.717) is 12.2 Å². The number of Topliss-reactive ketones (excluding diaryl/α,β-unsaturated/α-hetero) is 1. The zero-order valence-corrected chi connectivity index (χ0v) is 7.84. The van der Waals surface area contributed by atoms with Gasteiger partial charge in [0.1, 0.15) is 5.78 Å². The third-order valence-electron chi connectivity index (χ3n) is 2.79. The maximum Gasteiger partial charge on any atom is 0.136 e. The van der Waals surface area contributed by atoms with E-state index in [4.69, 9.17) is 0 Å². The summed E-state index contributed by atoms with van der Waals surface area (Å²) in [5.41, 5.74) is 2.32. The Morgan fingerprint density at radius 3 is 3.46 bits per heavy atom. The molecule has 0 bridgehead atoms. The summed E-state index contributed by atoms with van der Waals surface area (Å²) in [5, 5.41) is 0. The number of carbonyl (C=O) groups is 1. The van der Waals surface area contributed by atoms with Gasteiger partial charge in [-0.1, -0.05) is 6.92 Å². The van der Waals surface area contributed by atoms with Crippen LogP contribution in [0.25, 0.3) is 0 Å². The van der Waals surface area contributed by atoms with Crippen molar-refractivity contribution in [3.63, 3.8) is 0 Å². The summed E-state index contributed by atoms with van der Waals surface area (Å²) in [6, 6.07) is 0. The van der Waals surface area contributed by atoms with Gasteiger partial charge in [-0.2, -0.15) is 0 Å². The third kappa shape index (κ3) is 1.50. The minimum atomic E-state index is 0. The van der Waals surface area contributed by atoms with Crippen LogP contribution >= 0.6 is 0 Å². The molecule has 1 aromatic rings. The molecule has 1 heterocycles. The first-order valence-corrected chi connectivity index (χ1v) is 4.85. The van der Waals surface area contributed by atoms with Crippen LogP contribution < -0.4 is 0 Å². The quantitative estimate of drug-likeness (QED) is 0.753. The highest BCUT2D eigenvalue weighted by Gasteiger charge is 2.24.